The van der Waals surface area contributed by atoms with E-state index in [4.69, 9.17) is 16.3 Å². The second kappa shape index (κ2) is 11.7. The van der Waals surface area contributed by atoms with E-state index in [9.17, 15) is 22.8 Å². The van der Waals surface area contributed by atoms with Crippen molar-refractivity contribution in [1.82, 2.24) is 10.6 Å². The molecule has 2 amide bonds. The normalized spacial score (nSPS) is 18.2. The zero-order chi connectivity index (χ0) is 24.7. The number of halogens is 4. The van der Waals surface area contributed by atoms with Gasteiger partial charge in [0.25, 0.3) is 5.91 Å². The third-order valence-corrected chi connectivity index (χ3v) is 5.34. The van der Waals surface area contributed by atoms with Gasteiger partial charge in [0.1, 0.15) is 5.82 Å². The van der Waals surface area contributed by atoms with E-state index in [0.29, 0.717) is 12.8 Å². The minimum Gasteiger partial charge on any atom is -0.450 e. The number of aliphatic imine (C=N–C) groups is 1. The zero-order valence-corrected chi connectivity index (χ0v) is 19.1. The van der Waals surface area contributed by atoms with Gasteiger partial charge in [-0.25, -0.2) is 18.0 Å². The molecule has 1 aliphatic carbocycles. The van der Waals surface area contributed by atoms with Crippen molar-refractivity contribution >= 4 is 35.2 Å². The number of ether oxygens (including phenoxy) is 1. The van der Waals surface area contributed by atoms with Gasteiger partial charge in [0, 0.05) is 28.4 Å². The molecule has 0 saturated heterocycles. The first kappa shape index (κ1) is 25.4. The van der Waals surface area contributed by atoms with Crippen LogP contribution < -0.4 is 16.0 Å². The van der Waals surface area contributed by atoms with Gasteiger partial charge in [0.05, 0.1) is 6.61 Å². The van der Waals surface area contributed by atoms with E-state index in [0.717, 1.165) is 43.2 Å². The van der Waals surface area contributed by atoms with Crippen molar-refractivity contribution in [3.63, 3.8) is 0 Å². The van der Waals surface area contributed by atoms with Crippen molar-refractivity contribution in [2.24, 2.45) is 4.99 Å². The molecule has 0 spiro atoms. The summed E-state index contributed by atoms with van der Waals surface area (Å²) in [5.41, 5.74) is 0.0640. The van der Waals surface area contributed by atoms with Crippen molar-refractivity contribution in [3.8, 4) is 0 Å². The molecule has 1 saturated carbocycles. The third kappa shape index (κ3) is 7.38. The van der Waals surface area contributed by atoms with E-state index in [1.54, 1.807) is 6.92 Å². The molecular weight excluding hydrogens is 473 g/mol. The number of anilines is 1. The number of guanidine groups is 1. The Hall–Kier alpha value is -3.27. The number of carbonyl (C=O) groups is 2. The zero-order valence-electron chi connectivity index (χ0n) is 18.3. The Morgan fingerprint density at radius 1 is 1.06 bits per heavy atom. The molecule has 0 bridgehead atoms. The van der Waals surface area contributed by atoms with Gasteiger partial charge in [-0.05, 0) is 69.0 Å². The second-order valence-corrected chi connectivity index (χ2v) is 8.18. The van der Waals surface area contributed by atoms with Gasteiger partial charge in [0.15, 0.2) is 11.6 Å². The molecule has 0 radical (unpaired) electrons. The molecule has 2 aromatic carbocycles. The van der Waals surface area contributed by atoms with Crippen LogP contribution in [0.4, 0.5) is 23.7 Å². The first-order chi connectivity index (χ1) is 16.2. The summed E-state index contributed by atoms with van der Waals surface area (Å²) in [5, 5.41) is 8.85. The lowest BCUT2D eigenvalue weighted by atomic mass is 9.91. The minimum absolute atomic E-state index is 0.0295. The Kier molecular flexibility index (Phi) is 8.75. The van der Waals surface area contributed by atoms with Gasteiger partial charge < -0.3 is 20.7 Å². The number of nitrogens with zero attached hydrogens (tertiary/aromatic N) is 1. The van der Waals surface area contributed by atoms with Gasteiger partial charge in [-0.2, -0.15) is 4.99 Å². The smallest absolute Gasteiger partial charge is 0.407 e. The van der Waals surface area contributed by atoms with Gasteiger partial charge in [-0.1, -0.05) is 11.6 Å². The van der Waals surface area contributed by atoms with E-state index in [1.165, 1.54) is 6.07 Å². The monoisotopic (exact) mass is 496 g/mol. The van der Waals surface area contributed by atoms with Gasteiger partial charge >= 0.3 is 6.09 Å². The van der Waals surface area contributed by atoms with Crippen LogP contribution in [0.1, 0.15) is 43.0 Å². The summed E-state index contributed by atoms with van der Waals surface area (Å²) < 4.78 is 45.5. The highest BCUT2D eigenvalue weighted by atomic mass is 35.5. The number of hydrogen-bond donors (Lipinski definition) is 3. The van der Waals surface area contributed by atoms with E-state index in [1.807, 2.05) is 0 Å². The molecule has 2 atom stereocenters. The molecule has 0 heterocycles. The van der Waals surface area contributed by atoms with Crippen LogP contribution in [0, 0.1) is 17.5 Å². The Morgan fingerprint density at radius 2 is 1.79 bits per heavy atom. The molecule has 0 aromatic heterocycles. The average Bonchev–Trinajstić information content (AvgIpc) is 2.75. The van der Waals surface area contributed by atoms with Crippen LogP contribution in [0.25, 0.3) is 0 Å². The third-order valence-electron chi connectivity index (χ3n) is 5.12. The molecule has 3 rings (SSSR count). The Bertz CT molecular complexity index is 1060. The van der Waals surface area contributed by atoms with Crippen LogP contribution in [-0.2, 0) is 4.74 Å². The standard InChI is InChI=1S/C23H24ClF3N4O3/c1-2-34-23(33)30-17-5-3-4-16(12-17)28-22(29-18-10-14(24)9-15(25)11-18)31-21(32)13-6-7-19(26)20(27)8-13/h6-11,16-17H,2-5,12H2,1H3,(H,30,33)(H2,28,29,31,32)/t16-,17-/m1/s1. The molecule has 34 heavy (non-hydrogen) atoms. The quantitative estimate of drug-likeness (QED) is 0.399. The van der Waals surface area contributed by atoms with Crippen molar-refractivity contribution < 1.29 is 27.5 Å². The van der Waals surface area contributed by atoms with Crippen LogP contribution in [0.15, 0.2) is 41.4 Å². The van der Waals surface area contributed by atoms with Crippen molar-refractivity contribution in [2.45, 2.75) is 44.7 Å². The Morgan fingerprint density at radius 3 is 2.47 bits per heavy atom. The van der Waals surface area contributed by atoms with Crippen LogP contribution in [0.3, 0.4) is 0 Å². The van der Waals surface area contributed by atoms with Crippen LogP contribution >= 0.6 is 11.6 Å². The van der Waals surface area contributed by atoms with Crippen molar-refractivity contribution in [1.29, 1.82) is 0 Å². The predicted molar refractivity (Wildman–Crippen MR) is 122 cm³/mol. The molecule has 0 aliphatic heterocycles. The molecule has 0 unspecified atom stereocenters. The molecule has 3 N–H and O–H groups in total. The Balaban J connectivity index is 1.80. The highest BCUT2D eigenvalue weighted by Crippen LogP contribution is 2.21. The molecule has 1 aliphatic rings. The summed E-state index contributed by atoms with van der Waals surface area (Å²) in [6, 6.07) is 6.06. The number of benzene rings is 2. The fraction of sp³-hybridized carbons (Fsp3) is 0.348. The fourth-order valence-corrected chi connectivity index (χ4v) is 3.86. The summed E-state index contributed by atoms with van der Waals surface area (Å²) in [6.07, 6.45) is 2.26. The topological polar surface area (TPSA) is 91.8 Å². The number of amides is 2. The lowest BCUT2D eigenvalue weighted by molar-refractivity contribution is 0.100. The maximum absolute atomic E-state index is 13.8. The molecule has 182 valence electrons. The predicted octanol–water partition coefficient (Wildman–Crippen LogP) is 5.01. The number of alkyl carbamates (subject to hydrolysis) is 1. The summed E-state index contributed by atoms with van der Waals surface area (Å²) >= 11 is 5.92. The van der Waals surface area contributed by atoms with E-state index in [-0.39, 0.29) is 40.9 Å². The van der Waals surface area contributed by atoms with Crippen molar-refractivity contribution in [3.05, 3.63) is 64.4 Å². The van der Waals surface area contributed by atoms with Gasteiger partial charge in [-0.3, -0.25) is 4.79 Å². The minimum atomic E-state index is -1.18. The van der Waals surface area contributed by atoms with Gasteiger partial charge in [0.2, 0.25) is 5.96 Å². The number of rotatable bonds is 5. The van der Waals surface area contributed by atoms with Crippen LogP contribution in [0.5, 0.6) is 0 Å². The van der Waals surface area contributed by atoms with Gasteiger partial charge in [-0.15, -0.1) is 0 Å². The number of nitrogens with one attached hydrogen (secondary N) is 3. The first-order valence-corrected chi connectivity index (χ1v) is 11.1. The second-order valence-electron chi connectivity index (χ2n) is 7.75. The van der Waals surface area contributed by atoms with Crippen LogP contribution in [-0.4, -0.2) is 36.7 Å². The molecule has 11 heteroatoms. The Labute approximate surface area is 199 Å². The first-order valence-electron chi connectivity index (χ1n) is 10.7. The molecular formula is C23H24ClF3N4O3. The summed E-state index contributed by atoms with van der Waals surface area (Å²) in [7, 11) is 0. The fourth-order valence-electron chi connectivity index (χ4n) is 3.64. The average molecular weight is 497 g/mol. The molecule has 7 nitrogen and oxygen atoms in total. The number of hydrogen-bond acceptors (Lipinski definition) is 3. The molecule has 2 aromatic rings. The SMILES string of the molecule is CCOC(=O)N[C@@H]1CCC[C@@H](N/C(=N\C(=O)c2ccc(F)c(F)c2)Nc2cc(F)cc(Cl)c2)C1. The van der Waals surface area contributed by atoms with E-state index >= 15 is 0 Å². The number of carbonyl (C=O) groups excluding carboxylic acids is 2. The summed E-state index contributed by atoms with van der Waals surface area (Å²) in [5.74, 6) is -3.74. The maximum atomic E-state index is 13.8. The lowest BCUT2D eigenvalue weighted by Gasteiger charge is -2.31. The largest absolute Gasteiger partial charge is 0.450 e. The summed E-state index contributed by atoms with van der Waals surface area (Å²) in [4.78, 5) is 28.4. The maximum Gasteiger partial charge on any atom is 0.407 e. The van der Waals surface area contributed by atoms with E-state index in [2.05, 4.69) is 20.9 Å². The summed E-state index contributed by atoms with van der Waals surface area (Å²) in [6.45, 7) is 1.96. The van der Waals surface area contributed by atoms with E-state index < -0.39 is 29.5 Å². The highest BCUT2D eigenvalue weighted by molar-refractivity contribution is 6.31. The highest BCUT2D eigenvalue weighted by Gasteiger charge is 2.25. The molecule has 1 fully saturated rings. The van der Waals surface area contributed by atoms with Crippen LogP contribution in [0.2, 0.25) is 5.02 Å². The van der Waals surface area contributed by atoms with Crippen molar-refractivity contribution in [2.75, 3.05) is 11.9 Å². The lowest BCUT2D eigenvalue weighted by Crippen LogP contribution is -2.47.